The van der Waals surface area contributed by atoms with Gasteiger partial charge in [-0.2, -0.15) is 10.4 Å². The van der Waals surface area contributed by atoms with Crippen LogP contribution in [0, 0.1) is 18.3 Å². The standard InChI is InChI=1S/C16H16N4O3/c1-4-20-15(21)13(9-17)10(2)14(16(20)22)19-18-11-5-7-12(23-3)8-6-11/h5-8,22H,4H2,1-3H3/b19-18+. The Morgan fingerprint density at radius 3 is 2.48 bits per heavy atom. The van der Waals surface area contributed by atoms with Gasteiger partial charge in [0, 0.05) is 12.1 Å². The van der Waals surface area contributed by atoms with Crippen molar-refractivity contribution in [2.24, 2.45) is 10.2 Å². The monoisotopic (exact) mass is 312 g/mol. The molecule has 2 rings (SSSR count). The van der Waals surface area contributed by atoms with E-state index in [1.165, 1.54) is 0 Å². The number of ether oxygens (including phenoxy) is 1. The van der Waals surface area contributed by atoms with Crippen LogP contribution >= 0.6 is 0 Å². The molecular weight excluding hydrogens is 296 g/mol. The van der Waals surface area contributed by atoms with E-state index in [1.807, 2.05) is 6.07 Å². The third-order valence-corrected chi connectivity index (χ3v) is 3.42. The summed E-state index contributed by atoms with van der Waals surface area (Å²) in [5.74, 6) is 0.389. The highest BCUT2D eigenvalue weighted by atomic mass is 16.5. The number of hydrogen-bond donors (Lipinski definition) is 1. The van der Waals surface area contributed by atoms with Crippen LogP contribution in [0.2, 0.25) is 0 Å². The topological polar surface area (TPSA) is 100.0 Å². The second-order valence-electron chi connectivity index (χ2n) is 4.73. The summed E-state index contributed by atoms with van der Waals surface area (Å²) in [5.41, 5.74) is 0.384. The first-order valence-corrected chi connectivity index (χ1v) is 6.95. The largest absolute Gasteiger partial charge is 0.497 e. The Balaban J connectivity index is 2.52. The van der Waals surface area contributed by atoms with E-state index in [0.717, 1.165) is 4.57 Å². The summed E-state index contributed by atoms with van der Waals surface area (Å²) in [5, 5.41) is 27.4. The van der Waals surface area contributed by atoms with Gasteiger partial charge in [0.25, 0.3) is 5.56 Å². The Morgan fingerprint density at radius 1 is 1.30 bits per heavy atom. The molecule has 23 heavy (non-hydrogen) atoms. The third-order valence-electron chi connectivity index (χ3n) is 3.42. The van der Waals surface area contributed by atoms with Gasteiger partial charge in [0.1, 0.15) is 17.4 Å². The van der Waals surface area contributed by atoms with Crippen molar-refractivity contribution in [3.63, 3.8) is 0 Å². The van der Waals surface area contributed by atoms with E-state index in [-0.39, 0.29) is 23.7 Å². The van der Waals surface area contributed by atoms with Crippen LogP contribution in [0.5, 0.6) is 11.6 Å². The number of nitriles is 1. The van der Waals surface area contributed by atoms with Crippen molar-refractivity contribution in [1.29, 1.82) is 5.26 Å². The predicted octanol–water partition coefficient (Wildman–Crippen LogP) is 3.18. The van der Waals surface area contributed by atoms with Crippen LogP contribution in [-0.2, 0) is 6.54 Å². The minimum atomic E-state index is -0.534. The lowest BCUT2D eigenvalue weighted by Gasteiger charge is -2.11. The summed E-state index contributed by atoms with van der Waals surface area (Å²) in [7, 11) is 1.56. The lowest BCUT2D eigenvalue weighted by Crippen LogP contribution is -2.23. The van der Waals surface area contributed by atoms with Crippen LogP contribution in [-0.4, -0.2) is 16.8 Å². The SMILES string of the molecule is CCn1c(O)c(/N=N/c2ccc(OC)cc2)c(C)c(C#N)c1=O. The van der Waals surface area contributed by atoms with Crippen molar-refractivity contribution in [1.82, 2.24) is 4.57 Å². The summed E-state index contributed by atoms with van der Waals surface area (Å²) in [6.45, 7) is 3.48. The van der Waals surface area contributed by atoms with Gasteiger partial charge in [0.15, 0.2) is 5.69 Å². The summed E-state index contributed by atoms with van der Waals surface area (Å²) in [6, 6.07) is 8.73. The molecule has 0 fully saturated rings. The summed E-state index contributed by atoms with van der Waals surface area (Å²) >= 11 is 0. The minimum Gasteiger partial charge on any atom is -0.497 e. The molecule has 0 saturated carbocycles. The molecule has 1 aromatic carbocycles. The molecule has 118 valence electrons. The molecule has 0 atom stereocenters. The zero-order valence-electron chi connectivity index (χ0n) is 13.1. The Labute approximate surface area is 133 Å². The molecule has 0 unspecified atom stereocenters. The average Bonchev–Trinajstić information content (AvgIpc) is 2.56. The summed E-state index contributed by atoms with van der Waals surface area (Å²) < 4.78 is 6.15. The fourth-order valence-electron chi connectivity index (χ4n) is 2.11. The van der Waals surface area contributed by atoms with Gasteiger partial charge >= 0.3 is 0 Å². The average molecular weight is 312 g/mol. The fraction of sp³-hybridized carbons (Fsp3) is 0.250. The van der Waals surface area contributed by atoms with Crippen LogP contribution < -0.4 is 10.3 Å². The second kappa shape index (κ2) is 6.75. The van der Waals surface area contributed by atoms with Gasteiger partial charge in [-0.25, -0.2) is 0 Å². The number of methoxy groups -OCH3 is 1. The van der Waals surface area contributed by atoms with Crippen molar-refractivity contribution in [2.75, 3.05) is 7.11 Å². The van der Waals surface area contributed by atoms with Crippen molar-refractivity contribution in [3.05, 3.63) is 45.7 Å². The van der Waals surface area contributed by atoms with Gasteiger partial charge in [-0.15, -0.1) is 5.11 Å². The quantitative estimate of drug-likeness (QED) is 0.876. The third kappa shape index (κ3) is 3.06. The Morgan fingerprint density at radius 2 is 1.96 bits per heavy atom. The molecule has 0 spiro atoms. The van der Waals surface area contributed by atoms with Gasteiger partial charge in [-0.05, 0) is 38.1 Å². The molecule has 7 nitrogen and oxygen atoms in total. The number of nitrogens with zero attached hydrogens (tertiary/aromatic N) is 4. The molecule has 1 N–H and O–H groups in total. The first kappa shape index (κ1) is 16.2. The highest BCUT2D eigenvalue weighted by Gasteiger charge is 2.18. The molecule has 1 aromatic heterocycles. The van der Waals surface area contributed by atoms with E-state index < -0.39 is 5.56 Å². The fourth-order valence-corrected chi connectivity index (χ4v) is 2.11. The van der Waals surface area contributed by atoms with Crippen LogP contribution in [0.25, 0.3) is 0 Å². The van der Waals surface area contributed by atoms with Crippen molar-refractivity contribution in [3.8, 4) is 17.7 Å². The smallest absolute Gasteiger partial charge is 0.271 e. The van der Waals surface area contributed by atoms with E-state index in [1.54, 1.807) is 45.2 Å². The molecule has 0 amide bonds. The first-order valence-electron chi connectivity index (χ1n) is 6.95. The molecule has 1 heterocycles. The lowest BCUT2D eigenvalue weighted by molar-refractivity contribution is 0.412. The molecular formula is C16H16N4O3. The van der Waals surface area contributed by atoms with E-state index >= 15 is 0 Å². The Hall–Kier alpha value is -3.14. The number of azo groups is 1. The number of rotatable bonds is 4. The molecule has 0 aliphatic heterocycles. The van der Waals surface area contributed by atoms with E-state index in [9.17, 15) is 9.90 Å². The number of benzene rings is 1. The van der Waals surface area contributed by atoms with Crippen molar-refractivity contribution < 1.29 is 9.84 Å². The normalized spacial score (nSPS) is 10.7. The van der Waals surface area contributed by atoms with Gasteiger partial charge < -0.3 is 9.84 Å². The number of aromatic hydroxyl groups is 1. The first-order chi connectivity index (χ1) is 11.0. The maximum Gasteiger partial charge on any atom is 0.271 e. The van der Waals surface area contributed by atoms with Crippen LogP contribution in [0.15, 0.2) is 39.3 Å². The number of hydrogen-bond acceptors (Lipinski definition) is 6. The Bertz CT molecular complexity index is 846. The lowest BCUT2D eigenvalue weighted by atomic mass is 10.1. The summed E-state index contributed by atoms with van der Waals surface area (Å²) in [4.78, 5) is 12.1. The zero-order chi connectivity index (χ0) is 17.0. The van der Waals surface area contributed by atoms with E-state index in [4.69, 9.17) is 10.00 Å². The molecule has 2 aromatic rings. The van der Waals surface area contributed by atoms with Gasteiger partial charge in [0.2, 0.25) is 5.88 Å². The molecule has 0 aliphatic rings. The van der Waals surface area contributed by atoms with Crippen LogP contribution in [0.4, 0.5) is 11.4 Å². The highest BCUT2D eigenvalue weighted by molar-refractivity contribution is 5.59. The molecule has 0 radical (unpaired) electrons. The van der Waals surface area contributed by atoms with Gasteiger partial charge in [-0.1, -0.05) is 0 Å². The van der Waals surface area contributed by atoms with E-state index in [0.29, 0.717) is 17.0 Å². The molecule has 0 saturated heterocycles. The van der Waals surface area contributed by atoms with Gasteiger partial charge in [0.05, 0.1) is 12.8 Å². The molecule has 7 heteroatoms. The predicted molar refractivity (Wildman–Crippen MR) is 84.7 cm³/mol. The van der Waals surface area contributed by atoms with Crippen molar-refractivity contribution in [2.45, 2.75) is 20.4 Å². The number of aromatic nitrogens is 1. The zero-order valence-corrected chi connectivity index (χ0v) is 13.1. The van der Waals surface area contributed by atoms with Crippen LogP contribution in [0.3, 0.4) is 0 Å². The number of pyridine rings is 1. The Kier molecular flexibility index (Phi) is 4.76. The maximum absolute atomic E-state index is 12.1. The molecule has 0 aliphatic carbocycles. The van der Waals surface area contributed by atoms with Gasteiger partial charge in [-0.3, -0.25) is 9.36 Å². The van der Waals surface area contributed by atoms with Crippen LogP contribution in [0.1, 0.15) is 18.1 Å². The summed E-state index contributed by atoms with van der Waals surface area (Å²) in [6.07, 6.45) is 0. The highest BCUT2D eigenvalue weighted by Crippen LogP contribution is 2.32. The molecule has 0 bridgehead atoms. The maximum atomic E-state index is 12.1. The second-order valence-corrected chi connectivity index (χ2v) is 4.73. The van der Waals surface area contributed by atoms with Crippen molar-refractivity contribution >= 4 is 11.4 Å². The minimum absolute atomic E-state index is 0.0478. The van der Waals surface area contributed by atoms with E-state index in [2.05, 4.69) is 10.2 Å².